The number of anilines is 2. The van der Waals surface area contributed by atoms with E-state index in [-0.39, 0.29) is 6.85 Å². The van der Waals surface area contributed by atoms with Gasteiger partial charge in [-0.15, -0.1) is 0 Å². The topological polar surface area (TPSA) is 21.3 Å². The molecule has 2 aliphatic rings. The Labute approximate surface area is 257 Å². The molecule has 4 heterocycles. The molecule has 2 aliphatic heterocycles. The molecule has 8 aromatic rings. The van der Waals surface area contributed by atoms with Crippen molar-refractivity contribution in [1.82, 2.24) is 4.57 Å². The Hall–Kier alpha value is -5.00. The first kappa shape index (κ1) is 24.4. The van der Waals surface area contributed by atoms with E-state index in [9.17, 15) is 0 Å². The third-order valence-corrected chi connectivity index (χ3v) is 11.9. The number of aromatic nitrogens is 1. The zero-order valence-corrected chi connectivity index (χ0v) is 25.9. The number of para-hydroxylation sites is 4. The highest BCUT2D eigenvalue weighted by Crippen LogP contribution is 2.45. The third-order valence-electron chi connectivity index (χ3n) is 9.87. The van der Waals surface area contributed by atoms with E-state index in [4.69, 9.17) is 4.42 Å². The SMILES string of the molecule is C[Si](C)(C)c1cc2c3c4c1c1ccccc1n4-c1cc4c(cc1B3N(c1ccccc1)c1ccccc1-2)oc1ccccc14. The Balaban J connectivity index is 1.47. The lowest BCUT2D eigenvalue weighted by molar-refractivity contribution is 0.669. The normalized spacial score (nSPS) is 13.7. The zero-order chi connectivity index (χ0) is 29.3. The van der Waals surface area contributed by atoms with Crippen molar-refractivity contribution >= 4 is 86.2 Å². The molecular weight excluding hydrogens is 551 g/mol. The molecule has 0 atom stereocenters. The summed E-state index contributed by atoms with van der Waals surface area (Å²) in [5.74, 6) is 0. The first-order valence-electron chi connectivity index (χ1n) is 15.5. The summed E-state index contributed by atoms with van der Waals surface area (Å²) >= 11 is 0. The number of nitrogens with zero attached hydrogens (tertiary/aromatic N) is 2. The minimum Gasteiger partial charge on any atom is -0.456 e. The van der Waals surface area contributed by atoms with Crippen molar-refractivity contribution in [1.29, 1.82) is 0 Å². The molecule has 0 aliphatic carbocycles. The highest BCUT2D eigenvalue weighted by atomic mass is 28.3. The highest BCUT2D eigenvalue weighted by Gasteiger charge is 2.45. The van der Waals surface area contributed by atoms with Crippen LogP contribution in [0, 0.1) is 0 Å². The van der Waals surface area contributed by atoms with Gasteiger partial charge in [0.2, 0.25) is 0 Å². The van der Waals surface area contributed by atoms with E-state index in [1.807, 2.05) is 0 Å². The standard InChI is InChI=1S/C39H29BN2OSi/c1-44(2,3)36-22-29-25-15-7-11-19-32(25)42(24-13-5-4-6-14-24)40-30-23-35-28(26-16-9-12-20-34(26)43-35)21-33(30)41-31-18-10-8-17-27(31)37(36)39(41)38(29)40/h4-23H,1-3H3. The number of fused-ring (bicyclic) bond motifs is 11. The quantitative estimate of drug-likeness (QED) is 0.191. The van der Waals surface area contributed by atoms with Gasteiger partial charge in [0.25, 0.3) is 0 Å². The van der Waals surface area contributed by atoms with Gasteiger partial charge < -0.3 is 13.8 Å². The van der Waals surface area contributed by atoms with E-state index >= 15 is 0 Å². The molecule has 2 aromatic heterocycles. The molecule has 0 saturated heterocycles. The van der Waals surface area contributed by atoms with Crippen molar-refractivity contribution in [2.24, 2.45) is 0 Å². The highest BCUT2D eigenvalue weighted by molar-refractivity contribution is 6.95. The molecule has 0 fully saturated rings. The largest absolute Gasteiger partial charge is 0.456 e. The summed E-state index contributed by atoms with van der Waals surface area (Å²) in [6.45, 7) is 7.46. The molecule has 208 valence electrons. The molecule has 0 spiro atoms. The van der Waals surface area contributed by atoms with Crippen LogP contribution in [0.25, 0.3) is 60.6 Å². The molecule has 44 heavy (non-hydrogen) atoms. The van der Waals surface area contributed by atoms with Crippen LogP contribution < -0.4 is 20.9 Å². The molecule has 10 rings (SSSR count). The van der Waals surface area contributed by atoms with E-state index in [1.54, 1.807) is 0 Å². The van der Waals surface area contributed by atoms with Gasteiger partial charge in [0.15, 0.2) is 0 Å². The second-order valence-electron chi connectivity index (χ2n) is 13.3. The maximum absolute atomic E-state index is 6.54. The Morgan fingerprint density at radius 3 is 2.18 bits per heavy atom. The van der Waals surface area contributed by atoms with E-state index in [2.05, 4.69) is 150 Å². The van der Waals surface area contributed by atoms with Crippen LogP contribution in [0.4, 0.5) is 11.4 Å². The average Bonchev–Trinajstić information content (AvgIpc) is 3.59. The fourth-order valence-corrected chi connectivity index (χ4v) is 9.65. The molecule has 3 nitrogen and oxygen atoms in total. The summed E-state index contributed by atoms with van der Waals surface area (Å²) in [6, 6.07) is 44.7. The summed E-state index contributed by atoms with van der Waals surface area (Å²) in [5, 5.41) is 6.63. The van der Waals surface area contributed by atoms with Crippen molar-refractivity contribution in [3.8, 4) is 16.8 Å². The van der Waals surface area contributed by atoms with Crippen molar-refractivity contribution in [2.75, 3.05) is 4.81 Å². The molecule has 0 N–H and O–H groups in total. The van der Waals surface area contributed by atoms with Gasteiger partial charge in [-0.25, -0.2) is 0 Å². The van der Waals surface area contributed by atoms with Crippen LogP contribution in [0.3, 0.4) is 0 Å². The van der Waals surface area contributed by atoms with Gasteiger partial charge in [0.05, 0.1) is 19.1 Å². The van der Waals surface area contributed by atoms with Crippen LogP contribution in [0.1, 0.15) is 0 Å². The van der Waals surface area contributed by atoms with Gasteiger partial charge in [0.1, 0.15) is 11.2 Å². The average molecular weight is 581 g/mol. The van der Waals surface area contributed by atoms with E-state index in [0.29, 0.717) is 0 Å². The van der Waals surface area contributed by atoms with E-state index in [0.717, 1.165) is 21.9 Å². The smallest absolute Gasteiger partial charge is 0.333 e. The molecule has 0 unspecified atom stereocenters. The van der Waals surface area contributed by atoms with Crippen LogP contribution in [0.2, 0.25) is 19.6 Å². The predicted molar refractivity (Wildman–Crippen MR) is 190 cm³/mol. The van der Waals surface area contributed by atoms with Gasteiger partial charge in [0, 0.05) is 44.2 Å². The Morgan fingerprint density at radius 2 is 1.34 bits per heavy atom. The van der Waals surface area contributed by atoms with Crippen LogP contribution in [-0.4, -0.2) is 19.5 Å². The number of hydrogen-bond acceptors (Lipinski definition) is 2. The van der Waals surface area contributed by atoms with E-state index in [1.165, 1.54) is 66.1 Å². The maximum atomic E-state index is 6.54. The van der Waals surface area contributed by atoms with Crippen LogP contribution in [0.5, 0.6) is 0 Å². The van der Waals surface area contributed by atoms with E-state index < -0.39 is 8.07 Å². The van der Waals surface area contributed by atoms with Crippen LogP contribution >= 0.6 is 0 Å². The minimum absolute atomic E-state index is 0.00934. The summed E-state index contributed by atoms with van der Waals surface area (Å²) in [6.07, 6.45) is 0. The molecular formula is C39H29BN2OSi. The second-order valence-corrected chi connectivity index (χ2v) is 18.4. The maximum Gasteiger partial charge on any atom is 0.333 e. The Bertz CT molecular complexity index is 2500. The Kier molecular flexibility index (Phi) is 4.63. The van der Waals surface area contributed by atoms with Crippen molar-refractivity contribution in [3.05, 3.63) is 121 Å². The second kappa shape index (κ2) is 8.34. The van der Waals surface area contributed by atoms with Gasteiger partial charge in [-0.2, -0.15) is 0 Å². The van der Waals surface area contributed by atoms with Crippen molar-refractivity contribution in [3.63, 3.8) is 0 Å². The van der Waals surface area contributed by atoms with Crippen LogP contribution in [0.15, 0.2) is 126 Å². The van der Waals surface area contributed by atoms with Gasteiger partial charge in [-0.05, 0) is 64.1 Å². The molecule has 0 bridgehead atoms. The molecule has 0 radical (unpaired) electrons. The van der Waals surface area contributed by atoms with Crippen molar-refractivity contribution < 1.29 is 4.42 Å². The number of furan rings is 1. The Morgan fingerprint density at radius 1 is 0.614 bits per heavy atom. The first-order valence-corrected chi connectivity index (χ1v) is 19.0. The summed E-state index contributed by atoms with van der Waals surface area (Å²) in [5.41, 5.74) is 13.5. The number of benzene rings is 6. The van der Waals surface area contributed by atoms with Gasteiger partial charge in [-0.1, -0.05) is 98.5 Å². The molecule has 0 saturated carbocycles. The molecule has 0 amide bonds. The first-order chi connectivity index (χ1) is 21.5. The van der Waals surface area contributed by atoms with Gasteiger partial charge in [-0.3, -0.25) is 0 Å². The lowest BCUT2D eigenvalue weighted by atomic mass is 9.44. The number of rotatable bonds is 2. The number of hydrogen-bond donors (Lipinski definition) is 0. The van der Waals surface area contributed by atoms with Crippen molar-refractivity contribution in [2.45, 2.75) is 19.6 Å². The van der Waals surface area contributed by atoms with Crippen LogP contribution in [-0.2, 0) is 0 Å². The molecule has 6 aromatic carbocycles. The fraction of sp³-hybridized carbons (Fsp3) is 0.0769. The third kappa shape index (κ3) is 3.02. The molecule has 5 heteroatoms. The summed E-state index contributed by atoms with van der Waals surface area (Å²) in [7, 11) is -1.76. The zero-order valence-electron chi connectivity index (χ0n) is 24.9. The minimum atomic E-state index is -1.76. The van der Waals surface area contributed by atoms with Gasteiger partial charge >= 0.3 is 6.85 Å². The summed E-state index contributed by atoms with van der Waals surface area (Å²) in [4.78, 5) is 2.57. The lowest BCUT2D eigenvalue weighted by Crippen LogP contribution is -2.61. The monoisotopic (exact) mass is 580 g/mol. The fourth-order valence-electron chi connectivity index (χ4n) is 8.07. The lowest BCUT2D eigenvalue weighted by Gasteiger charge is -2.42. The predicted octanol–water partition coefficient (Wildman–Crippen LogP) is 8.47. The summed E-state index contributed by atoms with van der Waals surface area (Å²) < 4.78 is 9.12.